The molecule has 5 atom stereocenters. The number of hydrogen-bond acceptors (Lipinski definition) is 7. The van der Waals surface area contributed by atoms with E-state index in [0.29, 0.717) is 0 Å². The van der Waals surface area contributed by atoms with E-state index in [-0.39, 0.29) is 28.5 Å². The van der Waals surface area contributed by atoms with Gasteiger partial charge in [-0.05, 0) is 45.1 Å². The Hall–Kier alpha value is 0.500. The van der Waals surface area contributed by atoms with Crippen molar-refractivity contribution in [2.45, 2.75) is 74.2 Å². The molecule has 7 heteroatoms. The molecule has 0 radical (unpaired) electrons. The summed E-state index contributed by atoms with van der Waals surface area (Å²) in [7, 11) is 3.40. The van der Waals surface area contributed by atoms with Crippen LogP contribution in [0.1, 0.15) is 33.6 Å². The average Bonchev–Trinajstić information content (AvgIpc) is 2.98. The normalized spacial score (nSPS) is 40.0. The highest BCUT2D eigenvalue weighted by Gasteiger charge is 2.58. The van der Waals surface area contributed by atoms with E-state index in [4.69, 9.17) is 23.7 Å². The first-order chi connectivity index (χ1) is 10.9. The maximum absolute atomic E-state index is 6.10. The molecular weight excluding hydrogens is 336 g/mol. The summed E-state index contributed by atoms with van der Waals surface area (Å²) >= 11 is 4.05. The minimum Gasteiger partial charge on any atom is -0.379 e. The lowest BCUT2D eigenvalue weighted by atomic mass is 10.0. The third-order valence-electron chi connectivity index (χ3n) is 4.62. The molecule has 0 amide bonds. The molecule has 3 fully saturated rings. The molecular formula is C16H28O5S2. The van der Waals surface area contributed by atoms with Crippen LogP contribution < -0.4 is 0 Å². The van der Waals surface area contributed by atoms with Crippen LogP contribution in [-0.4, -0.2) is 66.3 Å². The maximum Gasteiger partial charge on any atom is 0.186 e. The van der Waals surface area contributed by atoms with Crippen LogP contribution in [0.2, 0.25) is 0 Å². The Balaban J connectivity index is 1.72. The molecule has 134 valence electrons. The summed E-state index contributed by atoms with van der Waals surface area (Å²) in [6.45, 7) is 6.18. The number of methoxy groups -OCH3 is 2. The molecule has 3 saturated heterocycles. The van der Waals surface area contributed by atoms with Gasteiger partial charge in [0.25, 0.3) is 0 Å². The molecule has 0 spiro atoms. The lowest BCUT2D eigenvalue weighted by Crippen LogP contribution is -2.43. The van der Waals surface area contributed by atoms with Crippen molar-refractivity contribution in [3.8, 4) is 0 Å². The lowest BCUT2D eigenvalue weighted by Gasteiger charge is -2.37. The van der Waals surface area contributed by atoms with Crippen molar-refractivity contribution < 1.29 is 23.7 Å². The fraction of sp³-hybridized carbons (Fsp3) is 1.00. The van der Waals surface area contributed by atoms with Gasteiger partial charge in [-0.1, -0.05) is 0 Å². The van der Waals surface area contributed by atoms with Crippen LogP contribution in [0.15, 0.2) is 0 Å². The van der Waals surface area contributed by atoms with Crippen LogP contribution in [-0.2, 0) is 23.7 Å². The quantitative estimate of drug-likeness (QED) is 0.743. The molecule has 0 aromatic rings. The second kappa shape index (κ2) is 7.02. The van der Waals surface area contributed by atoms with Crippen LogP contribution in [0.4, 0.5) is 0 Å². The zero-order valence-corrected chi connectivity index (χ0v) is 16.2. The third kappa shape index (κ3) is 3.86. The van der Waals surface area contributed by atoms with Gasteiger partial charge in [0.15, 0.2) is 12.1 Å². The maximum atomic E-state index is 6.10. The standard InChI is InChI=1S/C16H28O5S2/c1-15(2)20-12-11(19-14(18-5)13(12)21-15)10(17-4)9-16(3)22-7-6-8-23-16/h10-14H,6-9H2,1-5H3/t10-,11-,12+,13+,14+/m1/s1. The molecule has 0 saturated carbocycles. The summed E-state index contributed by atoms with van der Waals surface area (Å²) in [6, 6.07) is 0. The smallest absolute Gasteiger partial charge is 0.186 e. The highest BCUT2D eigenvalue weighted by Crippen LogP contribution is 2.48. The summed E-state index contributed by atoms with van der Waals surface area (Å²) in [5, 5.41) is 0. The van der Waals surface area contributed by atoms with Crippen LogP contribution >= 0.6 is 23.5 Å². The van der Waals surface area contributed by atoms with Gasteiger partial charge in [-0.15, -0.1) is 23.5 Å². The highest BCUT2D eigenvalue weighted by molar-refractivity contribution is 8.18. The second-order valence-electron chi connectivity index (χ2n) is 6.93. The van der Waals surface area contributed by atoms with Crippen LogP contribution in [0, 0.1) is 0 Å². The minimum absolute atomic E-state index is 0.0387. The molecule has 0 aromatic heterocycles. The predicted molar refractivity (Wildman–Crippen MR) is 92.8 cm³/mol. The van der Waals surface area contributed by atoms with E-state index >= 15 is 0 Å². The zero-order valence-electron chi connectivity index (χ0n) is 14.6. The van der Waals surface area contributed by atoms with Crippen molar-refractivity contribution in [2.75, 3.05) is 25.7 Å². The molecule has 5 nitrogen and oxygen atoms in total. The molecule has 0 unspecified atom stereocenters. The molecule has 0 N–H and O–H groups in total. The van der Waals surface area contributed by atoms with E-state index in [0.717, 1.165) is 6.42 Å². The summed E-state index contributed by atoms with van der Waals surface area (Å²) in [5.74, 6) is 1.82. The van der Waals surface area contributed by atoms with Crippen molar-refractivity contribution >= 4 is 23.5 Å². The van der Waals surface area contributed by atoms with Gasteiger partial charge in [-0.25, -0.2) is 0 Å². The molecule has 0 bridgehead atoms. The monoisotopic (exact) mass is 364 g/mol. The highest BCUT2D eigenvalue weighted by atomic mass is 32.2. The summed E-state index contributed by atoms with van der Waals surface area (Å²) < 4.78 is 29.6. The van der Waals surface area contributed by atoms with Crippen LogP contribution in [0.3, 0.4) is 0 Å². The number of thioether (sulfide) groups is 2. The molecule has 3 heterocycles. The molecule has 0 aliphatic carbocycles. The first-order valence-corrected chi connectivity index (χ1v) is 10.2. The van der Waals surface area contributed by atoms with E-state index in [2.05, 4.69) is 6.92 Å². The van der Waals surface area contributed by atoms with Gasteiger partial charge < -0.3 is 23.7 Å². The second-order valence-corrected chi connectivity index (χ2v) is 10.4. The van der Waals surface area contributed by atoms with Gasteiger partial charge in [-0.2, -0.15) is 0 Å². The fourth-order valence-electron chi connectivity index (χ4n) is 3.57. The largest absolute Gasteiger partial charge is 0.379 e. The first kappa shape index (κ1) is 18.3. The molecule has 3 rings (SSSR count). The number of fused-ring (bicyclic) bond motifs is 1. The Morgan fingerprint density at radius 3 is 2.35 bits per heavy atom. The van der Waals surface area contributed by atoms with E-state index in [1.165, 1.54) is 17.9 Å². The van der Waals surface area contributed by atoms with E-state index < -0.39 is 12.1 Å². The topological polar surface area (TPSA) is 46.2 Å². The van der Waals surface area contributed by atoms with Gasteiger partial charge in [0, 0.05) is 14.2 Å². The van der Waals surface area contributed by atoms with Crippen LogP contribution in [0.25, 0.3) is 0 Å². The van der Waals surface area contributed by atoms with Gasteiger partial charge in [0.1, 0.15) is 18.3 Å². The van der Waals surface area contributed by atoms with E-state index in [1.54, 1.807) is 14.2 Å². The average molecular weight is 365 g/mol. The minimum atomic E-state index is -0.606. The Morgan fingerprint density at radius 1 is 1.09 bits per heavy atom. The van der Waals surface area contributed by atoms with E-state index in [9.17, 15) is 0 Å². The molecule has 3 aliphatic rings. The van der Waals surface area contributed by atoms with Crippen molar-refractivity contribution in [3.63, 3.8) is 0 Å². The van der Waals surface area contributed by atoms with Gasteiger partial charge >= 0.3 is 0 Å². The number of rotatable bonds is 5. The Morgan fingerprint density at radius 2 is 1.74 bits per heavy atom. The SMILES string of the molecule is CO[C@H]1O[C@H]([C@@H](CC2(C)SCCCS2)OC)[C@@H]2OC(C)(C)O[C@H]12. The zero-order chi connectivity index (χ0) is 16.7. The van der Waals surface area contributed by atoms with Gasteiger partial charge in [0.05, 0.1) is 10.2 Å². The van der Waals surface area contributed by atoms with Gasteiger partial charge in [0.2, 0.25) is 0 Å². The van der Waals surface area contributed by atoms with Crippen LogP contribution in [0.5, 0.6) is 0 Å². The summed E-state index contributed by atoms with van der Waals surface area (Å²) in [6.07, 6.45) is 1.25. The van der Waals surface area contributed by atoms with Crippen molar-refractivity contribution in [1.29, 1.82) is 0 Å². The number of ether oxygens (including phenoxy) is 5. The molecule has 0 aromatic carbocycles. The fourth-order valence-corrected chi connectivity index (χ4v) is 6.60. The van der Waals surface area contributed by atoms with Crippen molar-refractivity contribution in [3.05, 3.63) is 0 Å². The van der Waals surface area contributed by atoms with E-state index in [1.807, 2.05) is 37.4 Å². The molecule has 23 heavy (non-hydrogen) atoms. The van der Waals surface area contributed by atoms with Crippen molar-refractivity contribution in [1.82, 2.24) is 0 Å². The number of hydrogen-bond donors (Lipinski definition) is 0. The third-order valence-corrected chi connectivity index (χ3v) is 7.87. The summed E-state index contributed by atoms with van der Waals surface area (Å²) in [4.78, 5) is 0. The van der Waals surface area contributed by atoms with Gasteiger partial charge in [-0.3, -0.25) is 0 Å². The Labute approximate surface area is 147 Å². The lowest BCUT2D eigenvalue weighted by molar-refractivity contribution is -0.238. The first-order valence-electron chi connectivity index (χ1n) is 8.22. The Kier molecular flexibility index (Phi) is 5.58. The predicted octanol–water partition coefficient (Wildman–Crippen LogP) is 2.87. The summed E-state index contributed by atoms with van der Waals surface area (Å²) in [5.41, 5.74) is 0. The molecule has 3 aliphatic heterocycles. The Bertz CT molecular complexity index is 413. The van der Waals surface area contributed by atoms with Crippen molar-refractivity contribution in [2.24, 2.45) is 0 Å².